The highest BCUT2D eigenvalue weighted by Gasteiger charge is 2.33. The fourth-order valence-electron chi connectivity index (χ4n) is 2.37. The summed E-state index contributed by atoms with van der Waals surface area (Å²) in [6, 6.07) is -0.309. The molecule has 1 rings (SSSR count). The smallest absolute Gasteiger partial charge is 0.324 e. The molecule has 0 aromatic rings. The first kappa shape index (κ1) is 14.3. The Hall–Kier alpha value is -0.770. The maximum absolute atomic E-state index is 11.7. The molecule has 3 amide bonds. The van der Waals surface area contributed by atoms with Crippen molar-refractivity contribution in [1.82, 2.24) is 10.2 Å². The largest absolute Gasteiger partial charge is 0.324 e. The lowest BCUT2D eigenvalue weighted by Gasteiger charge is -2.40. The number of hydrogen-bond donors (Lipinski definition) is 1. The van der Waals surface area contributed by atoms with Crippen molar-refractivity contribution in [2.75, 3.05) is 19.0 Å². The number of urea groups is 1. The number of carbonyl (C=O) groups is 2. The van der Waals surface area contributed by atoms with E-state index >= 15 is 0 Å². The molecule has 1 aliphatic heterocycles. The van der Waals surface area contributed by atoms with Crippen molar-refractivity contribution in [3.8, 4) is 0 Å². The number of piperidine rings is 1. The first-order chi connectivity index (χ1) is 8.06. The van der Waals surface area contributed by atoms with Crippen LogP contribution < -0.4 is 5.32 Å². The molecule has 5 heteroatoms. The zero-order chi connectivity index (χ0) is 12.9. The Balaban J connectivity index is 2.46. The van der Waals surface area contributed by atoms with Crippen molar-refractivity contribution in [2.24, 2.45) is 5.41 Å². The number of alkyl halides is 1. The number of nitrogens with zero attached hydrogens (tertiary/aromatic N) is 1. The van der Waals surface area contributed by atoms with Crippen molar-refractivity contribution < 1.29 is 9.59 Å². The van der Waals surface area contributed by atoms with Gasteiger partial charge in [0, 0.05) is 13.1 Å². The number of amides is 3. The number of imide groups is 1. The molecule has 0 radical (unpaired) electrons. The third-order valence-electron chi connectivity index (χ3n) is 3.98. The Bertz CT molecular complexity index is 280. The zero-order valence-corrected chi connectivity index (χ0v) is 11.3. The molecular formula is C12H21ClN2O2. The average molecular weight is 261 g/mol. The minimum absolute atomic E-state index is 0.173. The van der Waals surface area contributed by atoms with E-state index in [-0.39, 0.29) is 11.9 Å². The SMILES string of the molecule is CCC1(CC)CCN(C(=O)NC(=O)CCl)CC1. The quantitative estimate of drug-likeness (QED) is 0.792. The molecule has 0 spiro atoms. The summed E-state index contributed by atoms with van der Waals surface area (Å²) in [6.45, 7) is 5.86. The van der Waals surface area contributed by atoms with Gasteiger partial charge in [-0.2, -0.15) is 0 Å². The van der Waals surface area contributed by atoms with E-state index in [2.05, 4.69) is 19.2 Å². The van der Waals surface area contributed by atoms with Crippen LogP contribution in [0.1, 0.15) is 39.5 Å². The van der Waals surface area contributed by atoms with E-state index in [0.717, 1.165) is 38.8 Å². The highest BCUT2D eigenvalue weighted by atomic mass is 35.5. The fraction of sp³-hybridized carbons (Fsp3) is 0.833. The van der Waals surface area contributed by atoms with E-state index < -0.39 is 5.91 Å². The van der Waals surface area contributed by atoms with Crippen LogP contribution >= 0.6 is 11.6 Å². The maximum Gasteiger partial charge on any atom is 0.324 e. The number of nitrogens with one attached hydrogen (secondary N) is 1. The second kappa shape index (κ2) is 6.24. The molecule has 0 bridgehead atoms. The lowest BCUT2D eigenvalue weighted by atomic mass is 9.74. The fourth-order valence-corrected chi connectivity index (χ4v) is 2.44. The Morgan fingerprint density at radius 3 is 2.18 bits per heavy atom. The highest BCUT2D eigenvalue weighted by molar-refractivity contribution is 6.28. The van der Waals surface area contributed by atoms with Gasteiger partial charge in [0.1, 0.15) is 5.88 Å². The van der Waals surface area contributed by atoms with Crippen LogP contribution in [-0.4, -0.2) is 35.8 Å². The van der Waals surface area contributed by atoms with E-state index in [4.69, 9.17) is 11.6 Å². The number of likely N-dealkylation sites (tertiary alicyclic amines) is 1. The van der Waals surface area contributed by atoms with Gasteiger partial charge in [-0.1, -0.05) is 26.7 Å². The van der Waals surface area contributed by atoms with Crippen LogP contribution in [0.5, 0.6) is 0 Å². The monoisotopic (exact) mass is 260 g/mol. The summed E-state index contributed by atoms with van der Waals surface area (Å²) in [4.78, 5) is 24.4. The second-order valence-corrected chi connectivity index (χ2v) is 4.95. The predicted octanol–water partition coefficient (Wildman–Crippen LogP) is 2.36. The van der Waals surface area contributed by atoms with Crippen LogP contribution in [0.3, 0.4) is 0 Å². The molecule has 4 nitrogen and oxygen atoms in total. The van der Waals surface area contributed by atoms with E-state index in [1.54, 1.807) is 4.90 Å². The van der Waals surface area contributed by atoms with Crippen molar-refractivity contribution in [3.05, 3.63) is 0 Å². The number of carbonyl (C=O) groups excluding carboxylic acids is 2. The summed E-state index contributed by atoms with van der Waals surface area (Å²) in [5.74, 6) is -0.604. The molecule has 1 N–H and O–H groups in total. The lowest BCUT2D eigenvalue weighted by Crippen LogP contribution is -2.48. The first-order valence-corrected chi connectivity index (χ1v) is 6.75. The summed E-state index contributed by atoms with van der Waals surface area (Å²) >= 11 is 5.34. The molecule has 1 saturated heterocycles. The van der Waals surface area contributed by atoms with Gasteiger partial charge in [-0.25, -0.2) is 4.79 Å². The van der Waals surface area contributed by atoms with Crippen LogP contribution in [0.2, 0.25) is 0 Å². The maximum atomic E-state index is 11.7. The molecule has 0 aliphatic carbocycles. The molecule has 0 aromatic carbocycles. The van der Waals surface area contributed by atoms with Gasteiger partial charge in [0.05, 0.1) is 0 Å². The van der Waals surface area contributed by atoms with Gasteiger partial charge in [-0.3, -0.25) is 10.1 Å². The number of rotatable bonds is 3. The minimum Gasteiger partial charge on any atom is -0.324 e. The van der Waals surface area contributed by atoms with Gasteiger partial charge in [-0.05, 0) is 18.3 Å². The summed E-state index contributed by atoms with van der Waals surface area (Å²) in [5, 5.41) is 2.28. The predicted molar refractivity (Wildman–Crippen MR) is 68.1 cm³/mol. The van der Waals surface area contributed by atoms with Crippen molar-refractivity contribution in [3.63, 3.8) is 0 Å². The third-order valence-corrected chi connectivity index (χ3v) is 4.22. The first-order valence-electron chi connectivity index (χ1n) is 6.21. The topological polar surface area (TPSA) is 49.4 Å². The van der Waals surface area contributed by atoms with Crippen molar-refractivity contribution in [1.29, 1.82) is 0 Å². The van der Waals surface area contributed by atoms with Gasteiger partial charge in [0.15, 0.2) is 0 Å². The van der Waals surface area contributed by atoms with Gasteiger partial charge in [-0.15, -0.1) is 11.6 Å². The van der Waals surface area contributed by atoms with E-state index in [9.17, 15) is 9.59 Å². The number of halogens is 1. The Morgan fingerprint density at radius 1 is 1.24 bits per heavy atom. The third kappa shape index (κ3) is 3.60. The summed E-state index contributed by atoms with van der Waals surface area (Å²) in [6.07, 6.45) is 4.34. The van der Waals surface area contributed by atoms with Crippen molar-refractivity contribution >= 4 is 23.5 Å². The molecule has 1 heterocycles. The van der Waals surface area contributed by atoms with E-state index in [0.29, 0.717) is 5.41 Å². The van der Waals surface area contributed by atoms with Crippen LogP contribution in [0.25, 0.3) is 0 Å². The normalized spacial score (nSPS) is 18.9. The summed E-state index contributed by atoms with van der Waals surface area (Å²) in [5.41, 5.74) is 0.382. The van der Waals surface area contributed by atoms with Crippen molar-refractivity contribution in [2.45, 2.75) is 39.5 Å². The standard InChI is InChI=1S/C12H21ClN2O2/c1-3-12(4-2)5-7-15(8-6-12)11(17)14-10(16)9-13/h3-9H2,1-2H3,(H,14,16,17). The molecule has 98 valence electrons. The molecule has 1 fully saturated rings. The summed E-state index contributed by atoms with van der Waals surface area (Å²) in [7, 11) is 0. The van der Waals surface area contributed by atoms with E-state index in [1.165, 1.54) is 0 Å². The van der Waals surface area contributed by atoms with E-state index in [1.807, 2.05) is 0 Å². The van der Waals surface area contributed by atoms with Crippen LogP contribution in [0.4, 0.5) is 4.79 Å². The van der Waals surface area contributed by atoms with Gasteiger partial charge in [0.25, 0.3) is 0 Å². The van der Waals surface area contributed by atoms with Crippen LogP contribution in [-0.2, 0) is 4.79 Å². The molecular weight excluding hydrogens is 240 g/mol. The van der Waals surface area contributed by atoms with Gasteiger partial charge in [0.2, 0.25) is 5.91 Å². The number of hydrogen-bond acceptors (Lipinski definition) is 2. The Labute approximate surface area is 108 Å². The molecule has 1 aliphatic rings. The van der Waals surface area contributed by atoms with Gasteiger partial charge < -0.3 is 4.90 Å². The highest BCUT2D eigenvalue weighted by Crippen LogP contribution is 2.37. The molecule has 0 saturated carbocycles. The Kier molecular flexibility index (Phi) is 5.25. The Morgan fingerprint density at radius 2 is 1.76 bits per heavy atom. The zero-order valence-electron chi connectivity index (χ0n) is 10.6. The van der Waals surface area contributed by atoms with Gasteiger partial charge >= 0.3 is 6.03 Å². The van der Waals surface area contributed by atoms with Crippen LogP contribution in [0, 0.1) is 5.41 Å². The lowest BCUT2D eigenvalue weighted by molar-refractivity contribution is -0.117. The van der Waals surface area contributed by atoms with Crippen LogP contribution in [0.15, 0.2) is 0 Å². The molecule has 0 atom stereocenters. The average Bonchev–Trinajstić information content (AvgIpc) is 2.38. The molecule has 17 heavy (non-hydrogen) atoms. The summed E-state index contributed by atoms with van der Waals surface area (Å²) < 4.78 is 0. The minimum atomic E-state index is -0.431. The second-order valence-electron chi connectivity index (χ2n) is 4.68. The molecule has 0 unspecified atom stereocenters. The molecule has 0 aromatic heterocycles.